The highest BCUT2D eigenvalue weighted by Gasteiger charge is 2.09. The number of amides is 1. The third-order valence-electron chi connectivity index (χ3n) is 1.82. The molecule has 0 saturated heterocycles. The first-order chi connectivity index (χ1) is 7.13. The number of carboxylic acid groups (broad SMARTS) is 1. The van der Waals surface area contributed by atoms with Crippen LogP contribution in [0.2, 0.25) is 0 Å². The fraction of sp³-hybridized carbons (Fsp3) is 0.200. The standard InChI is InChI=1S/C10H12N2O3/c11-6-7-3-1-2-4-8(7)12-9(13)5-10(14)15/h1-4H,5-6,11H2,(H,12,13)(H,14,15). The van der Waals surface area contributed by atoms with Crippen LogP contribution in [0.4, 0.5) is 5.69 Å². The molecule has 5 nitrogen and oxygen atoms in total. The molecule has 4 N–H and O–H groups in total. The molecule has 0 heterocycles. The molecule has 80 valence electrons. The van der Waals surface area contributed by atoms with E-state index in [0.29, 0.717) is 12.2 Å². The van der Waals surface area contributed by atoms with Crippen molar-refractivity contribution in [1.29, 1.82) is 0 Å². The van der Waals surface area contributed by atoms with E-state index in [0.717, 1.165) is 5.56 Å². The normalized spacial score (nSPS) is 9.67. The van der Waals surface area contributed by atoms with E-state index in [-0.39, 0.29) is 0 Å². The zero-order valence-electron chi connectivity index (χ0n) is 8.06. The van der Waals surface area contributed by atoms with Gasteiger partial charge < -0.3 is 16.2 Å². The summed E-state index contributed by atoms with van der Waals surface area (Å²) in [5, 5.41) is 10.9. The second-order valence-electron chi connectivity index (χ2n) is 2.98. The van der Waals surface area contributed by atoms with E-state index in [2.05, 4.69) is 5.32 Å². The maximum Gasteiger partial charge on any atom is 0.312 e. The van der Waals surface area contributed by atoms with Crippen LogP contribution >= 0.6 is 0 Å². The summed E-state index contributed by atoms with van der Waals surface area (Å²) < 4.78 is 0. The lowest BCUT2D eigenvalue weighted by Crippen LogP contribution is -2.17. The average Bonchev–Trinajstić information content (AvgIpc) is 2.17. The van der Waals surface area contributed by atoms with Gasteiger partial charge in [-0.25, -0.2) is 0 Å². The van der Waals surface area contributed by atoms with Crippen molar-refractivity contribution in [3.8, 4) is 0 Å². The van der Waals surface area contributed by atoms with Crippen molar-refractivity contribution in [3.63, 3.8) is 0 Å². The van der Waals surface area contributed by atoms with Crippen LogP contribution in [0.5, 0.6) is 0 Å². The van der Waals surface area contributed by atoms with Crippen molar-refractivity contribution in [2.24, 2.45) is 5.73 Å². The molecule has 0 aliphatic rings. The molecule has 0 saturated carbocycles. The van der Waals surface area contributed by atoms with Crippen LogP contribution in [-0.2, 0) is 16.1 Å². The minimum absolute atomic E-state index is 0.295. The number of benzene rings is 1. The van der Waals surface area contributed by atoms with E-state index in [9.17, 15) is 9.59 Å². The highest BCUT2D eigenvalue weighted by atomic mass is 16.4. The van der Waals surface area contributed by atoms with Gasteiger partial charge in [-0.2, -0.15) is 0 Å². The minimum Gasteiger partial charge on any atom is -0.481 e. The van der Waals surface area contributed by atoms with Crippen LogP contribution in [-0.4, -0.2) is 17.0 Å². The van der Waals surface area contributed by atoms with Crippen molar-refractivity contribution in [1.82, 2.24) is 0 Å². The third-order valence-corrected chi connectivity index (χ3v) is 1.82. The zero-order chi connectivity index (χ0) is 11.3. The van der Waals surface area contributed by atoms with E-state index in [1.165, 1.54) is 0 Å². The molecule has 5 heteroatoms. The van der Waals surface area contributed by atoms with Gasteiger partial charge in [-0.15, -0.1) is 0 Å². The van der Waals surface area contributed by atoms with Crippen molar-refractivity contribution >= 4 is 17.6 Å². The summed E-state index contributed by atoms with van der Waals surface area (Å²) in [7, 11) is 0. The van der Waals surface area contributed by atoms with Gasteiger partial charge in [-0.3, -0.25) is 9.59 Å². The Labute approximate surface area is 86.9 Å². The van der Waals surface area contributed by atoms with Crippen LogP contribution in [0.15, 0.2) is 24.3 Å². The summed E-state index contributed by atoms with van der Waals surface area (Å²) in [5.41, 5.74) is 6.80. The second-order valence-corrected chi connectivity index (χ2v) is 2.98. The van der Waals surface area contributed by atoms with Crippen LogP contribution in [0, 0.1) is 0 Å². The Morgan fingerprint density at radius 2 is 2.00 bits per heavy atom. The molecule has 0 spiro atoms. The first-order valence-corrected chi connectivity index (χ1v) is 4.43. The van der Waals surface area contributed by atoms with Gasteiger partial charge in [0.1, 0.15) is 6.42 Å². The number of hydrogen-bond acceptors (Lipinski definition) is 3. The number of carbonyl (C=O) groups is 2. The van der Waals surface area contributed by atoms with E-state index >= 15 is 0 Å². The minimum atomic E-state index is -1.15. The number of aliphatic carboxylic acids is 1. The van der Waals surface area contributed by atoms with Crippen molar-refractivity contribution in [2.75, 3.05) is 5.32 Å². The molecule has 0 aliphatic heterocycles. The second kappa shape index (κ2) is 5.11. The smallest absolute Gasteiger partial charge is 0.312 e. The van der Waals surface area contributed by atoms with E-state index in [4.69, 9.17) is 10.8 Å². The summed E-state index contributed by atoms with van der Waals surface area (Å²) in [5.74, 6) is -1.71. The molecule has 1 rings (SSSR count). The highest BCUT2D eigenvalue weighted by Crippen LogP contribution is 2.14. The summed E-state index contributed by atoms with van der Waals surface area (Å²) in [6.45, 7) is 0.295. The Kier molecular flexibility index (Phi) is 3.82. The number of carbonyl (C=O) groups excluding carboxylic acids is 1. The van der Waals surface area contributed by atoms with Crippen LogP contribution in [0.25, 0.3) is 0 Å². The van der Waals surface area contributed by atoms with Gasteiger partial charge >= 0.3 is 5.97 Å². The van der Waals surface area contributed by atoms with Crippen molar-refractivity contribution < 1.29 is 14.7 Å². The average molecular weight is 208 g/mol. The molecule has 0 radical (unpaired) electrons. The molecule has 1 amide bonds. The Morgan fingerprint density at radius 3 is 2.60 bits per heavy atom. The lowest BCUT2D eigenvalue weighted by atomic mass is 10.2. The number of carboxylic acids is 1. The summed E-state index contributed by atoms with van der Waals surface area (Å²) in [6.07, 6.45) is -0.543. The predicted molar refractivity (Wildman–Crippen MR) is 55.2 cm³/mol. The number of hydrogen-bond donors (Lipinski definition) is 3. The van der Waals surface area contributed by atoms with E-state index in [1.54, 1.807) is 24.3 Å². The molecule has 0 aromatic heterocycles. The van der Waals surface area contributed by atoms with Gasteiger partial charge in [0.15, 0.2) is 0 Å². The monoisotopic (exact) mass is 208 g/mol. The summed E-state index contributed by atoms with van der Waals surface area (Å²) >= 11 is 0. The SMILES string of the molecule is NCc1ccccc1NC(=O)CC(=O)O. The third kappa shape index (κ3) is 3.40. The van der Waals surface area contributed by atoms with Gasteiger partial charge in [0.25, 0.3) is 0 Å². The lowest BCUT2D eigenvalue weighted by molar-refractivity contribution is -0.139. The van der Waals surface area contributed by atoms with Crippen molar-refractivity contribution in [3.05, 3.63) is 29.8 Å². The topological polar surface area (TPSA) is 92.4 Å². The molecule has 1 aromatic carbocycles. The summed E-state index contributed by atoms with van der Waals surface area (Å²) in [6, 6.07) is 7.00. The predicted octanol–water partition coefficient (Wildman–Crippen LogP) is 0.558. The Balaban J connectivity index is 2.71. The van der Waals surface area contributed by atoms with E-state index < -0.39 is 18.3 Å². The Hall–Kier alpha value is -1.88. The maximum atomic E-state index is 11.2. The number of para-hydroxylation sites is 1. The molecule has 0 aliphatic carbocycles. The quantitative estimate of drug-likeness (QED) is 0.630. The van der Waals surface area contributed by atoms with Gasteiger partial charge in [0.05, 0.1) is 0 Å². The van der Waals surface area contributed by atoms with Crippen LogP contribution < -0.4 is 11.1 Å². The fourth-order valence-electron chi connectivity index (χ4n) is 1.15. The van der Waals surface area contributed by atoms with Gasteiger partial charge in [-0.1, -0.05) is 18.2 Å². The Morgan fingerprint density at radius 1 is 1.33 bits per heavy atom. The first kappa shape index (κ1) is 11.2. The highest BCUT2D eigenvalue weighted by molar-refractivity contribution is 6.01. The van der Waals surface area contributed by atoms with Crippen LogP contribution in [0.1, 0.15) is 12.0 Å². The number of anilines is 1. The largest absolute Gasteiger partial charge is 0.481 e. The molecular formula is C10H12N2O3. The van der Waals surface area contributed by atoms with Crippen LogP contribution in [0.3, 0.4) is 0 Å². The van der Waals surface area contributed by atoms with Gasteiger partial charge in [0.2, 0.25) is 5.91 Å². The van der Waals surface area contributed by atoms with Gasteiger partial charge in [0, 0.05) is 12.2 Å². The summed E-state index contributed by atoms with van der Waals surface area (Å²) in [4.78, 5) is 21.4. The zero-order valence-corrected chi connectivity index (χ0v) is 8.06. The number of nitrogens with one attached hydrogen (secondary N) is 1. The lowest BCUT2D eigenvalue weighted by Gasteiger charge is -2.08. The first-order valence-electron chi connectivity index (χ1n) is 4.43. The molecule has 0 atom stereocenters. The molecule has 0 fully saturated rings. The Bertz CT molecular complexity index is 377. The molecule has 1 aromatic rings. The number of rotatable bonds is 4. The molecule has 15 heavy (non-hydrogen) atoms. The molecule has 0 bridgehead atoms. The fourth-order valence-corrected chi connectivity index (χ4v) is 1.15. The van der Waals surface area contributed by atoms with Crippen molar-refractivity contribution in [2.45, 2.75) is 13.0 Å². The number of nitrogens with two attached hydrogens (primary N) is 1. The molecule has 0 unspecified atom stereocenters. The molecular weight excluding hydrogens is 196 g/mol. The maximum absolute atomic E-state index is 11.2. The van der Waals surface area contributed by atoms with E-state index in [1.807, 2.05) is 0 Å². The van der Waals surface area contributed by atoms with Gasteiger partial charge in [-0.05, 0) is 11.6 Å².